The van der Waals surface area contributed by atoms with Crippen molar-refractivity contribution in [2.75, 3.05) is 0 Å². The van der Waals surface area contributed by atoms with Crippen molar-refractivity contribution in [3.63, 3.8) is 0 Å². The van der Waals surface area contributed by atoms with E-state index in [2.05, 4.69) is 5.32 Å². The predicted molar refractivity (Wildman–Crippen MR) is 74.0 cm³/mol. The van der Waals surface area contributed by atoms with Crippen LogP contribution in [0, 0.1) is 0 Å². The molecular weight excluding hydrogens is 242 g/mol. The van der Waals surface area contributed by atoms with E-state index < -0.39 is 17.2 Å². The van der Waals surface area contributed by atoms with Gasteiger partial charge in [0.1, 0.15) is 11.9 Å². The van der Waals surface area contributed by atoms with Crippen molar-refractivity contribution in [1.82, 2.24) is 5.32 Å². The van der Waals surface area contributed by atoms with E-state index in [4.69, 9.17) is 4.74 Å². The van der Waals surface area contributed by atoms with Gasteiger partial charge in [-0.25, -0.2) is 4.79 Å². The Bertz CT molecular complexity index is 436. The summed E-state index contributed by atoms with van der Waals surface area (Å²) in [4.78, 5) is 23.0. The molecule has 0 aromatic heterocycles. The number of hydrogen-bond acceptors (Lipinski definition) is 3. The number of rotatable bonds is 4. The minimum Gasteiger partial charge on any atom is -0.444 e. The second-order valence-corrected chi connectivity index (χ2v) is 5.82. The van der Waals surface area contributed by atoms with Crippen molar-refractivity contribution in [2.45, 2.75) is 45.3 Å². The molecule has 0 heterocycles. The first-order chi connectivity index (χ1) is 8.74. The maximum Gasteiger partial charge on any atom is 0.408 e. The van der Waals surface area contributed by atoms with Crippen molar-refractivity contribution in [1.29, 1.82) is 0 Å². The van der Waals surface area contributed by atoms with Crippen LogP contribution in [0.4, 0.5) is 4.79 Å². The zero-order valence-corrected chi connectivity index (χ0v) is 11.9. The van der Waals surface area contributed by atoms with Crippen molar-refractivity contribution in [2.24, 2.45) is 0 Å². The van der Waals surface area contributed by atoms with Crippen LogP contribution < -0.4 is 5.32 Å². The largest absolute Gasteiger partial charge is 0.444 e. The standard InChI is InChI=1S/C15H21NO3/c1-14(2,3)19-13(18)16-15(4,11-17)10-12-8-6-5-7-9-12/h5-9,11H,10H2,1-4H3,(H,16,18). The zero-order chi connectivity index (χ0) is 14.5. The predicted octanol–water partition coefficient (Wildman–Crippen LogP) is 2.71. The summed E-state index contributed by atoms with van der Waals surface area (Å²) < 4.78 is 5.16. The lowest BCUT2D eigenvalue weighted by Gasteiger charge is -2.27. The van der Waals surface area contributed by atoms with E-state index in [0.717, 1.165) is 11.8 Å². The lowest BCUT2D eigenvalue weighted by Crippen LogP contribution is -2.50. The fourth-order valence-electron chi connectivity index (χ4n) is 1.67. The van der Waals surface area contributed by atoms with Crippen molar-refractivity contribution in [3.05, 3.63) is 35.9 Å². The Labute approximate surface area is 114 Å². The summed E-state index contributed by atoms with van der Waals surface area (Å²) >= 11 is 0. The summed E-state index contributed by atoms with van der Waals surface area (Å²) in [7, 11) is 0. The molecule has 4 heteroatoms. The third-order valence-corrected chi connectivity index (χ3v) is 2.46. The number of carbonyl (C=O) groups is 2. The Morgan fingerprint density at radius 1 is 1.21 bits per heavy atom. The van der Waals surface area contributed by atoms with E-state index in [-0.39, 0.29) is 0 Å². The van der Waals surface area contributed by atoms with Gasteiger partial charge in [0.2, 0.25) is 0 Å². The maximum atomic E-state index is 11.7. The molecule has 0 aliphatic heterocycles. The molecule has 1 amide bonds. The highest BCUT2D eigenvalue weighted by Gasteiger charge is 2.28. The number of ether oxygens (including phenoxy) is 1. The molecule has 1 N–H and O–H groups in total. The minimum absolute atomic E-state index is 0.427. The molecule has 1 aromatic carbocycles. The third-order valence-electron chi connectivity index (χ3n) is 2.46. The molecule has 0 spiro atoms. The highest BCUT2D eigenvalue weighted by atomic mass is 16.6. The summed E-state index contributed by atoms with van der Waals surface area (Å²) in [6.07, 6.45) is 0.582. The first kappa shape index (κ1) is 15.2. The minimum atomic E-state index is -0.969. The lowest BCUT2D eigenvalue weighted by atomic mass is 9.94. The van der Waals surface area contributed by atoms with Gasteiger partial charge in [-0.1, -0.05) is 30.3 Å². The van der Waals surface area contributed by atoms with Crippen LogP contribution in [0.25, 0.3) is 0 Å². The van der Waals surface area contributed by atoms with Crippen LogP contribution in [0.15, 0.2) is 30.3 Å². The summed E-state index contributed by atoms with van der Waals surface area (Å²) in [5.41, 5.74) is -0.572. The first-order valence-corrected chi connectivity index (χ1v) is 6.25. The van der Waals surface area contributed by atoms with Gasteiger partial charge in [0.25, 0.3) is 0 Å². The average Bonchev–Trinajstić information content (AvgIpc) is 2.27. The Morgan fingerprint density at radius 2 is 1.79 bits per heavy atom. The Balaban J connectivity index is 2.70. The fraction of sp³-hybridized carbons (Fsp3) is 0.467. The van der Waals surface area contributed by atoms with Crippen LogP contribution in [-0.4, -0.2) is 23.5 Å². The van der Waals surface area contributed by atoms with Crippen LogP contribution in [0.3, 0.4) is 0 Å². The van der Waals surface area contributed by atoms with E-state index in [0.29, 0.717) is 6.42 Å². The molecule has 0 radical (unpaired) electrons. The highest BCUT2D eigenvalue weighted by molar-refractivity contribution is 5.76. The Morgan fingerprint density at radius 3 is 2.26 bits per heavy atom. The van der Waals surface area contributed by atoms with Gasteiger partial charge < -0.3 is 14.8 Å². The van der Waals surface area contributed by atoms with Gasteiger partial charge in [0.05, 0.1) is 5.54 Å². The third kappa shape index (κ3) is 5.55. The van der Waals surface area contributed by atoms with E-state index in [1.165, 1.54) is 0 Å². The first-order valence-electron chi connectivity index (χ1n) is 6.25. The monoisotopic (exact) mass is 263 g/mol. The Kier molecular flexibility index (Phi) is 4.70. The summed E-state index contributed by atoms with van der Waals surface area (Å²) in [5.74, 6) is 0. The van der Waals surface area contributed by atoms with E-state index in [1.54, 1.807) is 27.7 Å². The van der Waals surface area contributed by atoms with Crippen LogP contribution in [-0.2, 0) is 16.0 Å². The van der Waals surface area contributed by atoms with Gasteiger partial charge >= 0.3 is 6.09 Å². The molecule has 0 aliphatic carbocycles. The van der Waals surface area contributed by atoms with Gasteiger partial charge in [-0.15, -0.1) is 0 Å². The van der Waals surface area contributed by atoms with Gasteiger partial charge in [0.15, 0.2) is 0 Å². The number of amides is 1. The highest BCUT2D eigenvalue weighted by Crippen LogP contribution is 2.13. The van der Waals surface area contributed by atoms with Crippen LogP contribution >= 0.6 is 0 Å². The molecule has 1 rings (SSSR count). The molecule has 0 bridgehead atoms. The van der Waals surface area contributed by atoms with E-state index in [1.807, 2.05) is 30.3 Å². The Hall–Kier alpha value is -1.84. The number of alkyl carbamates (subject to hydrolysis) is 1. The molecule has 104 valence electrons. The van der Waals surface area contributed by atoms with E-state index >= 15 is 0 Å². The normalized spacial score (nSPS) is 14.3. The SMILES string of the molecule is CC(C=O)(Cc1ccccc1)NC(=O)OC(C)(C)C. The smallest absolute Gasteiger partial charge is 0.408 e. The molecule has 4 nitrogen and oxygen atoms in total. The molecule has 1 unspecified atom stereocenters. The molecule has 19 heavy (non-hydrogen) atoms. The number of benzene rings is 1. The van der Waals surface area contributed by atoms with Crippen molar-refractivity contribution < 1.29 is 14.3 Å². The lowest BCUT2D eigenvalue weighted by molar-refractivity contribution is -0.112. The number of aldehydes is 1. The maximum absolute atomic E-state index is 11.7. The van der Waals surface area contributed by atoms with Crippen LogP contribution in [0.2, 0.25) is 0 Å². The zero-order valence-electron chi connectivity index (χ0n) is 11.9. The quantitative estimate of drug-likeness (QED) is 0.850. The molecule has 0 saturated heterocycles. The van der Waals surface area contributed by atoms with Crippen molar-refractivity contribution in [3.8, 4) is 0 Å². The molecule has 1 aromatic rings. The average molecular weight is 263 g/mol. The topological polar surface area (TPSA) is 55.4 Å². The molecule has 0 aliphatic rings. The number of nitrogens with one attached hydrogen (secondary N) is 1. The van der Waals surface area contributed by atoms with Gasteiger partial charge in [0, 0.05) is 6.42 Å². The molecule has 0 fully saturated rings. The second kappa shape index (κ2) is 5.87. The molecule has 0 saturated carbocycles. The van der Waals surface area contributed by atoms with Crippen LogP contribution in [0.1, 0.15) is 33.3 Å². The second-order valence-electron chi connectivity index (χ2n) is 5.82. The summed E-state index contributed by atoms with van der Waals surface area (Å²) in [5, 5.41) is 2.62. The summed E-state index contributed by atoms with van der Waals surface area (Å²) in [6, 6.07) is 9.53. The number of hydrogen-bond donors (Lipinski definition) is 1. The van der Waals surface area contributed by atoms with Gasteiger partial charge in [-0.05, 0) is 33.3 Å². The van der Waals surface area contributed by atoms with E-state index in [9.17, 15) is 9.59 Å². The van der Waals surface area contributed by atoms with Crippen LogP contribution in [0.5, 0.6) is 0 Å². The fourth-order valence-corrected chi connectivity index (χ4v) is 1.67. The number of carbonyl (C=O) groups excluding carboxylic acids is 2. The van der Waals surface area contributed by atoms with Gasteiger partial charge in [-0.3, -0.25) is 0 Å². The molecular formula is C15H21NO3. The van der Waals surface area contributed by atoms with Crippen molar-refractivity contribution >= 4 is 12.4 Å². The summed E-state index contributed by atoms with van der Waals surface area (Å²) in [6.45, 7) is 7.02. The van der Waals surface area contributed by atoms with Gasteiger partial charge in [-0.2, -0.15) is 0 Å². The molecule has 1 atom stereocenters.